The van der Waals surface area contributed by atoms with E-state index in [2.05, 4.69) is 36.5 Å². The van der Waals surface area contributed by atoms with E-state index in [1.807, 2.05) is 43.7 Å². The van der Waals surface area contributed by atoms with Gasteiger partial charge in [-0.2, -0.15) is 5.10 Å². The highest BCUT2D eigenvalue weighted by Gasteiger charge is 2.34. The average molecular weight is 370 g/mol. The minimum atomic E-state index is -0.714. The molecule has 3 rings (SSSR count). The molecule has 0 aliphatic carbocycles. The van der Waals surface area contributed by atoms with Crippen LogP contribution in [0.25, 0.3) is 0 Å². The van der Waals surface area contributed by atoms with Crippen LogP contribution in [0.2, 0.25) is 0 Å². The predicted molar refractivity (Wildman–Crippen MR) is 105 cm³/mol. The summed E-state index contributed by atoms with van der Waals surface area (Å²) in [5.74, 6) is -0.0641. The van der Waals surface area contributed by atoms with Crippen molar-refractivity contribution < 1.29 is 9.90 Å². The van der Waals surface area contributed by atoms with Crippen molar-refractivity contribution in [2.24, 2.45) is 13.0 Å². The van der Waals surface area contributed by atoms with Crippen molar-refractivity contribution in [1.29, 1.82) is 0 Å². The molecular formula is C21H30N4O2. The smallest absolute Gasteiger partial charge is 0.225 e. The summed E-state index contributed by atoms with van der Waals surface area (Å²) in [5.41, 5.74) is 3.19. The molecule has 27 heavy (non-hydrogen) atoms. The van der Waals surface area contributed by atoms with Gasteiger partial charge in [0.1, 0.15) is 0 Å². The summed E-state index contributed by atoms with van der Waals surface area (Å²) in [5, 5.41) is 20.9. The van der Waals surface area contributed by atoms with Gasteiger partial charge in [-0.05, 0) is 22.1 Å². The molecule has 0 spiro atoms. The first-order valence-corrected chi connectivity index (χ1v) is 9.51. The Kier molecular flexibility index (Phi) is 5.67. The summed E-state index contributed by atoms with van der Waals surface area (Å²) in [7, 11) is 1.88. The molecule has 2 heterocycles. The maximum atomic E-state index is 12.7. The molecule has 3 N–H and O–H groups in total. The average Bonchev–Trinajstić information content (AvgIpc) is 3.27. The standard InChI is InChI=1S/C21H30N4O2/c1-21(2,3)16-7-5-14(6-8-16)19(26)12-23-20(27)18-11-22-10-17(18)15-9-24-25(4)13-15/h5-9,13,17-19,22,26H,10-12H2,1-4H3,(H,23,27)/t17-,18+,19?/m1/s1. The van der Waals surface area contributed by atoms with E-state index in [-0.39, 0.29) is 29.7 Å². The third-order valence-corrected chi connectivity index (χ3v) is 5.34. The van der Waals surface area contributed by atoms with Gasteiger partial charge >= 0.3 is 0 Å². The summed E-state index contributed by atoms with van der Waals surface area (Å²) < 4.78 is 1.76. The van der Waals surface area contributed by atoms with Gasteiger partial charge in [0.15, 0.2) is 0 Å². The number of aliphatic hydroxyl groups is 1. The number of aromatic nitrogens is 2. The number of aryl methyl sites for hydroxylation is 1. The van der Waals surface area contributed by atoms with Crippen LogP contribution in [0.3, 0.4) is 0 Å². The second-order valence-electron chi connectivity index (χ2n) is 8.45. The summed E-state index contributed by atoms with van der Waals surface area (Å²) >= 11 is 0. The molecule has 2 aromatic rings. The molecule has 0 bridgehead atoms. The van der Waals surface area contributed by atoms with Crippen LogP contribution in [-0.2, 0) is 17.3 Å². The molecule has 6 heteroatoms. The Morgan fingerprint density at radius 2 is 2.04 bits per heavy atom. The van der Waals surface area contributed by atoms with Gasteiger partial charge in [-0.15, -0.1) is 0 Å². The predicted octanol–water partition coefficient (Wildman–Crippen LogP) is 1.87. The lowest BCUT2D eigenvalue weighted by Crippen LogP contribution is -2.36. The number of hydrogen-bond acceptors (Lipinski definition) is 4. The zero-order valence-electron chi connectivity index (χ0n) is 16.6. The summed E-state index contributed by atoms with van der Waals surface area (Å²) in [6.45, 7) is 8.10. The Morgan fingerprint density at radius 1 is 1.33 bits per heavy atom. The SMILES string of the molecule is Cn1cc([C@H]2CNC[C@@H]2C(=O)NCC(O)c2ccc(C(C)(C)C)cc2)cn1. The Bertz CT molecular complexity index is 776. The largest absolute Gasteiger partial charge is 0.387 e. The lowest BCUT2D eigenvalue weighted by molar-refractivity contribution is -0.125. The lowest BCUT2D eigenvalue weighted by Gasteiger charge is -2.21. The maximum absolute atomic E-state index is 12.7. The first kappa shape index (κ1) is 19.6. The van der Waals surface area contributed by atoms with Gasteiger partial charge < -0.3 is 15.7 Å². The van der Waals surface area contributed by atoms with Crippen molar-refractivity contribution >= 4 is 5.91 Å². The van der Waals surface area contributed by atoms with E-state index < -0.39 is 6.10 Å². The fraction of sp³-hybridized carbons (Fsp3) is 0.524. The number of carbonyl (C=O) groups excluding carboxylic acids is 1. The first-order valence-electron chi connectivity index (χ1n) is 9.51. The van der Waals surface area contributed by atoms with Crippen LogP contribution in [0.15, 0.2) is 36.7 Å². The number of nitrogens with zero attached hydrogens (tertiary/aromatic N) is 2. The van der Waals surface area contributed by atoms with E-state index in [1.165, 1.54) is 5.56 Å². The van der Waals surface area contributed by atoms with E-state index in [1.54, 1.807) is 4.68 Å². The molecule has 6 nitrogen and oxygen atoms in total. The molecule has 1 unspecified atom stereocenters. The molecule has 1 fully saturated rings. The van der Waals surface area contributed by atoms with Crippen LogP contribution >= 0.6 is 0 Å². The van der Waals surface area contributed by atoms with Crippen LogP contribution < -0.4 is 10.6 Å². The molecular weight excluding hydrogens is 340 g/mol. The number of benzene rings is 1. The Hall–Kier alpha value is -2.18. The van der Waals surface area contributed by atoms with Crippen molar-refractivity contribution in [3.63, 3.8) is 0 Å². The van der Waals surface area contributed by atoms with Crippen LogP contribution in [-0.4, -0.2) is 40.4 Å². The van der Waals surface area contributed by atoms with E-state index >= 15 is 0 Å². The topological polar surface area (TPSA) is 79.2 Å². The van der Waals surface area contributed by atoms with E-state index in [4.69, 9.17) is 0 Å². The van der Waals surface area contributed by atoms with Gasteiger partial charge in [-0.1, -0.05) is 45.0 Å². The number of amides is 1. The molecule has 146 valence electrons. The minimum absolute atomic E-state index is 0.0285. The van der Waals surface area contributed by atoms with Crippen LogP contribution in [0.5, 0.6) is 0 Å². The monoisotopic (exact) mass is 370 g/mol. The maximum Gasteiger partial charge on any atom is 0.225 e. The Morgan fingerprint density at radius 3 is 2.63 bits per heavy atom. The number of carbonyl (C=O) groups is 1. The minimum Gasteiger partial charge on any atom is -0.387 e. The summed E-state index contributed by atoms with van der Waals surface area (Å²) in [4.78, 5) is 12.7. The van der Waals surface area contributed by atoms with Gasteiger partial charge in [0, 0.05) is 38.8 Å². The zero-order valence-corrected chi connectivity index (χ0v) is 16.6. The van der Waals surface area contributed by atoms with Crippen LogP contribution in [0.1, 0.15) is 49.5 Å². The molecule has 0 radical (unpaired) electrons. The van der Waals surface area contributed by atoms with Crippen molar-refractivity contribution in [3.05, 3.63) is 53.3 Å². The third-order valence-electron chi connectivity index (χ3n) is 5.34. The number of aliphatic hydroxyl groups excluding tert-OH is 1. The fourth-order valence-electron chi connectivity index (χ4n) is 3.59. The van der Waals surface area contributed by atoms with Crippen molar-refractivity contribution in [2.75, 3.05) is 19.6 Å². The highest BCUT2D eigenvalue weighted by molar-refractivity contribution is 5.80. The molecule has 0 saturated carbocycles. The zero-order chi connectivity index (χ0) is 19.6. The number of hydrogen-bond donors (Lipinski definition) is 3. The van der Waals surface area contributed by atoms with E-state index in [0.717, 1.165) is 17.7 Å². The fourth-order valence-corrected chi connectivity index (χ4v) is 3.59. The van der Waals surface area contributed by atoms with Gasteiger partial charge in [0.25, 0.3) is 0 Å². The first-order chi connectivity index (χ1) is 12.8. The highest BCUT2D eigenvalue weighted by atomic mass is 16.3. The molecule has 1 aliphatic heterocycles. The molecule has 1 aliphatic rings. The number of rotatable bonds is 5. The van der Waals surface area contributed by atoms with Gasteiger partial charge in [-0.25, -0.2) is 0 Å². The quantitative estimate of drug-likeness (QED) is 0.751. The van der Waals surface area contributed by atoms with E-state index in [0.29, 0.717) is 6.54 Å². The Labute approximate surface area is 161 Å². The number of nitrogens with one attached hydrogen (secondary N) is 2. The molecule has 1 aromatic carbocycles. The normalized spacial score (nSPS) is 21.2. The molecule has 1 saturated heterocycles. The van der Waals surface area contributed by atoms with E-state index in [9.17, 15) is 9.90 Å². The van der Waals surface area contributed by atoms with Gasteiger partial charge in [0.05, 0.1) is 18.2 Å². The van der Waals surface area contributed by atoms with Crippen molar-refractivity contribution in [3.8, 4) is 0 Å². The third kappa shape index (κ3) is 4.57. The van der Waals surface area contributed by atoms with Crippen molar-refractivity contribution in [2.45, 2.75) is 38.2 Å². The molecule has 1 aromatic heterocycles. The Balaban J connectivity index is 1.58. The van der Waals surface area contributed by atoms with Gasteiger partial charge in [0.2, 0.25) is 5.91 Å². The second-order valence-corrected chi connectivity index (χ2v) is 8.45. The molecule has 3 atom stereocenters. The highest BCUT2D eigenvalue weighted by Crippen LogP contribution is 2.28. The van der Waals surface area contributed by atoms with Gasteiger partial charge in [-0.3, -0.25) is 9.48 Å². The summed E-state index contributed by atoms with van der Waals surface area (Å²) in [6.07, 6.45) is 3.07. The molecule has 1 amide bonds. The lowest BCUT2D eigenvalue weighted by atomic mass is 9.86. The summed E-state index contributed by atoms with van der Waals surface area (Å²) in [6, 6.07) is 7.96. The second kappa shape index (κ2) is 7.82. The van der Waals surface area contributed by atoms with Crippen LogP contribution in [0, 0.1) is 5.92 Å². The van der Waals surface area contributed by atoms with Crippen molar-refractivity contribution in [1.82, 2.24) is 20.4 Å². The van der Waals surface area contributed by atoms with Crippen LogP contribution in [0.4, 0.5) is 0 Å².